The molecule has 1 rings (SSSR count). The maximum absolute atomic E-state index is 3.82. The summed E-state index contributed by atoms with van der Waals surface area (Å²) in [6.07, 6.45) is 4.88. The second kappa shape index (κ2) is 8.31. The quantitative estimate of drug-likeness (QED) is 0.717. The number of hydrogen-bond donors (Lipinski definition) is 1. The van der Waals surface area contributed by atoms with Gasteiger partial charge in [0, 0.05) is 12.1 Å². The highest BCUT2D eigenvalue weighted by atomic mass is 14.9. The molecule has 102 valence electrons. The van der Waals surface area contributed by atoms with Crippen LogP contribution in [-0.2, 0) is 6.42 Å². The van der Waals surface area contributed by atoms with Gasteiger partial charge < -0.3 is 5.32 Å². The Balaban J connectivity index is 2.51. The molecule has 0 aliphatic carbocycles. The zero-order valence-electron chi connectivity index (χ0n) is 12.4. The molecule has 0 saturated carbocycles. The fourth-order valence-corrected chi connectivity index (χ4v) is 2.72. The van der Waals surface area contributed by atoms with Crippen molar-refractivity contribution in [2.45, 2.75) is 65.5 Å². The average Bonchev–Trinajstić information content (AvgIpc) is 2.40. The minimum atomic E-state index is 0.600. The monoisotopic (exact) mass is 247 g/mol. The van der Waals surface area contributed by atoms with Crippen molar-refractivity contribution in [1.29, 1.82) is 0 Å². The molecule has 0 aliphatic heterocycles. The maximum Gasteiger partial charge on any atom is 0.0107 e. The predicted molar refractivity (Wildman–Crippen MR) is 80.9 cm³/mol. The second-order valence-corrected chi connectivity index (χ2v) is 5.33. The van der Waals surface area contributed by atoms with Gasteiger partial charge in [-0.2, -0.15) is 0 Å². The molecule has 0 spiro atoms. The summed E-state index contributed by atoms with van der Waals surface area (Å²) >= 11 is 0. The summed E-state index contributed by atoms with van der Waals surface area (Å²) in [5.41, 5.74) is 1.44. The molecule has 0 amide bonds. The molecule has 2 atom stereocenters. The topological polar surface area (TPSA) is 12.0 Å². The van der Waals surface area contributed by atoms with Crippen molar-refractivity contribution in [1.82, 2.24) is 5.32 Å². The summed E-state index contributed by atoms with van der Waals surface area (Å²) < 4.78 is 0. The van der Waals surface area contributed by atoms with Crippen molar-refractivity contribution in [3.63, 3.8) is 0 Å². The zero-order chi connectivity index (χ0) is 13.4. The van der Waals surface area contributed by atoms with Crippen LogP contribution in [0.4, 0.5) is 0 Å². The number of hydrogen-bond acceptors (Lipinski definition) is 1. The van der Waals surface area contributed by atoms with Gasteiger partial charge in [0.25, 0.3) is 0 Å². The molecule has 1 nitrogen and oxygen atoms in total. The molecule has 2 unspecified atom stereocenters. The van der Waals surface area contributed by atoms with Gasteiger partial charge in [-0.3, -0.25) is 0 Å². The SMILES string of the molecule is CCC(Cc1ccccc1)NC(C)C(CC)CC. The van der Waals surface area contributed by atoms with Crippen LogP contribution in [0, 0.1) is 5.92 Å². The molecule has 0 radical (unpaired) electrons. The molecular formula is C17H29N. The Bertz CT molecular complexity index is 303. The molecule has 0 aromatic heterocycles. The Labute approximate surface area is 113 Å². The first-order chi connectivity index (χ1) is 8.71. The van der Waals surface area contributed by atoms with E-state index in [1.807, 2.05) is 0 Å². The molecule has 1 aromatic rings. The molecule has 0 aliphatic rings. The van der Waals surface area contributed by atoms with Crippen LogP contribution >= 0.6 is 0 Å². The Morgan fingerprint density at radius 3 is 2.06 bits per heavy atom. The minimum Gasteiger partial charge on any atom is -0.311 e. The van der Waals surface area contributed by atoms with Gasteiger partial charge in [0.2, 0.25) is 0 Å². The van der Waals surface area contributed by atoms with Crippen LogP contribution in [0.5, 0.6) is 0 Å². The number of nitrogens with one attached hydrogen (secondary N) is 1. The Morgan fingerprint density at radius 1 is 0.944 bits per heavy atom. The van der Waals surface area contributed by atoms with E-state index in [0.717, 1.165) is 12.3 Å². The lowest BCUT2D eigenvalue weighted by Crippen LogP contribution is -2.41. The summed E-state index contributed by atoms with van der Waals surface area (Å²) in [7, 11) is 0. The Kier molecular flexibility index (Phi) is 7.04. The minimum absolute atomic E-state index is 0.600. The lowest BCUT2D eigenvalue weighted by molar-refractivity contribution is 0.315. The van der Waals surface area contributed by atoms with Gasteiger partial charge in [0.1, 0.15) is 0 Å². The third-order valence-corrected chi connectivity index (χ3v) is 4.07. The lowest BCUT2D eigenvalue weighted by atomic mass is 9.93. The first-order valence-corrected chi connectivity index (χ1v) is 7.51. The van der Waals surface area contributed by atoms with Crippen LogP contribution in [0.25, 0.3) is 0 Å². The molecule has 1 aromatic carbocycles. The standard InChI is InChI=1S/C17H29N/c1-5-16(6-2)14(4)18-17(7-3)13-15-11-9-8-10-12-15/h8-12,14,16-18H,5-7,13H2,1-4H3. The van der Waals surface area contributed by atoms with Crippen LogP contribution in [0.15, 0.2) is 30.3 Å². The Morgan fingerprint density at radius 2 is 1.56 bits per heavy atom. The zero-order valence-corrected chi connectivity index (χ0v) is 12.4. The lowest BCUT2D eigenvalue weighted by Gasteiger charge is -2.28. The van der Waals surface area contributed by atoms with Crippen molar-refractivity contribution in [2.75, 3.05) is 0 Å². The van der Waals surface area contributed by atoms with E-state index in [9.17, 15) is 0 Å². The number of benzene rings is 1. The normalized spacial score (nSPS) is 14.7. The summed E-state index contributed by atoms with van der Waals surface area (Å²) in [6, 6.07) is 12.0. The molecule has 0 saturated heterocycles. The average molecular weight is 247 g/mol. The highest BCUT2D eigenvalue weighted by Gasteiger charge is 2.17. The first-order valence-electron chi connectivity index (χ1n) is 7.51. The van der Waals surface area contributed by atoms with Crippen LogP contribution in [0.2, 0.25) is 0 Å². The second-order valence-electron chi connectivity index (χ2n) is 5.33. The summed E-state index contributed by atoms with van der Waals surface area (Å²) in [5, 5.41) is 3.82. The van der Waals surface area contributed by atoms with Crippen molar-refractivity contribution in [3.05, 3.63) is 35.9 Å². The van der Waals surface area contributed by atoms with Crippen molar-refractivity contribution < 1.29 is 0 Å². The largest absolute Gasteiger partial charge is 0.311 e. The van der Waals surface area contributed by atoms with E-state index >= 15 is 0 Å². The summed E-state index contributed by atoms with van der Waals surface area (Å²) in [4.78, 5) is 0. The number of rotatable bonds is 8. The molecule has 18 heavy (non-hydrogen) atoms. The molecule has 0 fully saturated rings. The van der Waals surface area contributed by atoms with Gasteiger partial charge in [0.05, 0.1) is 0 Å². The van der Waals surface area contributed by atoms with Crippen molar-refractivity contribution in [3.8, 4) is 0 Å². The van der Waals surface area contributed by atoms with E-state index in [-0.39, 0.29) is 0 Å². The molecule has 1 N–H and O–H groups in total. The van der Waals surface area contributed by atoms with Gasteiger partial charge in [0.15, 0.2) is 0 Å². The van der Waals surface area contributed by atoms with Crippen LogP contribution < -0.4 is 5.32 Å². The third-order valence-electron chi connectivity index (χ3n) is 4.07. The van der Waals surface area contributed by atoms with Crippen molar-refractivity contribution >= 4 is 0 Å². The third kappa shape index (κ3) is 4.81. The Hall–Kier alpha value is -0.820. The highest BCUT2D eigenvalue weighted by Crippen LogP contribution is 2.15. The van der Waals surface area contributed by atoms with E-state index in [4.69, 9.17) is 0 Å². The predicted octanol–water partition coefficient (Wildman–Crippen LogP) is 4.42. The highest BCUT2D eigenvalue weighted by molar-refractivity contribution is 5.15. The van der Waals surface area contributed by atoms with Crippen LogP contribution in [0.1, 0.15) is 52.5 Å². The molecule has 0 heterocycles. The van der Waals surface area contributed by atoms with Gasteiger partial charge >= 0.3 is 0 Å². The van der Waals surface area contributed by atoms with Gasteiger partial charge in [-0.1, -0.05) is 63.9 Å². The van der Waals surface area contributed by atoms with Gasteiger partial charge in [-0.15, -0.1) is 0 Å². The fourth-order valence-electron chi connectivity index (χ4n) is 2.72. The fraction of sp³-hybridized carbons (Fsp3) is 0.647. The van der Waals surface area contributed by atoms with Gasteiger partial charge in [-0.25, -0.2) is 0 Å². The van der Waals surface area contributed by atoms with Crippen molar-refractivity contribution in [2.24, 2.45) is 5.92 Å². The maximum atomic E-state index is 3.82. The van der Waals surface area contributed by atoms with E-state index in [1.165, 1.54) is 24.8 Å². The van der Waals surface area contributed by atoms with Crippen LogP contribution in [0.3, 0.4) is 0 Å². The van der Waals surface area contributed by atoms with E-state index in [1.54, 1.807) is 0 Å². The van der Waals surface area contributed by atoms with E-state index in [0.29, 0.717) is 12.1 Å². The van der Waals surface area contributed by atoms with Crippen LogP contribution in [-0.4, -0.2) is 12.1 Å². The summed E-state index contributed by atoms with van der Waals surface area (Å²) in [5.74, 6) is 0.801. The van der Waals surface area contributed by atoms with E-state index < -0.39 is 0 Å². The molecular weight excluding hydrogens is 218 g/mol. The molecule has 1 heteroatoms. The summed E-state index contributed by atoms with van der Waals surface area (Å²) in [6.45, 7) is 9.21. The van der Waals surface area contributed by atoms with Gasteiger partial charge in [-0.05, 0) is 31.2 Å². The smallest absolute Gasteiger partial charge is 0.0107 e. The first kappa shape index (κ1) is 15.2. The molecule has 0 bridgehead atoms. The van der Waals surface area contributed by atoms with E-state index in [2.05, 4.69) is 63.3 Å².